The van der Waals surface area contributed by atoms with E-state index >= 15 is 0 Å². The van der Waals surface area contributed by atoms with E-state index in [4.69, 9.17) is 4.98 Å². The molecular formula is C24H24N4O2S2. The van der Waals surface area contributed by atoms with Crippen molar-refractivity contribution in [3.8, 4) is 5.69 Å². The Hall–Kier alpha value is -2.97. The number of carbonyl (C=O) groups excluding carboxylic acids is 1. The smallest absolute Gasteiger partial charge is 0.277 e. The summed E-state index contributed by atoms with van der Waals surface area (Å²) in [7, 11) is 0. The van der Waals surface area contributed by atoms with E-state index in [-0.39, 0.29) is 17.4 Å². The maximum Gasteiger partial charge on any atom is 0.277 e. The van der Waals surface area contributed by atoms with Crippen molar-refractivity contribution in [3.63, 3.8) is 0 Å². The summed E-state index contributed by atoms with van der Waals surface area (Å²) in [5.41, 5.74) is 2.58. The highest BCUT2D eigenvalue weighted by Gasteiger charge is 2.29. The molecule has 164 valence electrons. The Bertz CT molecular complexity index is 1290. The average Bonchev–Trinajstić information content (AvgIpc) is 3.50. The standard InChI is InChI=1S/C24H24N4O2S2/c1-16-6-8-18(9-7-16)28-23(30)21-20(10-13-32-21)26-24(28)27-11-2-4-17(15-27)22(29)25-14-19-5-3-12-31-19/h3,5-10,12-13,17H,2,4,11,14-15H2,1H3,(H,25,29). The van der Waals surface area contributed by atoms with Crippen LogP contribution in [0.25, 0.3) is 15.9 Å². The van der Waals surface area contributed by atoms with Crippen LogP contribution in [-0.4, -0.2) is 28.5 Å². The van der Waals surface area contributed by atoms with E-state index in [9.17, 15) is 9.59 Å². The van der Waals surface area contributed by atoms with Gasteiger partial charge in [-0.05, 0) is 54.8 Å². The van der Waals surface area contributed by atoms with E-state index in [1.54, 1.807) is 15.9 Å². The molecule has 8 heteroatoms. The SMILES string of the molecule is Cc1ccc(-n2c(N3CCCC(C(=O)NCc4cccs4)C3)nc3ccsc3c2=O)cc1. The zero-order valence-corrected chi connectivity index (χ0v) is 19.4. The number of benzene rings is 1. The van der Waals surface area contributed by atoms with Gasteiger partial charge in [0.2, 0.25) is 11.9 Å². The van der Waals surface area contributed by atoms with Crippen LogP contribution in [-0.2, 0) is 11.3 Å². The van der Waals surface area contributed by atoms with Crippen LogP contribution in [0.1, 0.15) is 23.3 Å². The normalized spacial score (nSPS) is 16.4. The number of nitrogens with one attached hydrogen (secondary N) is 1. The molecule has 6 nitrogen and oxygen atoms in total. The Kier molecular flexibility index (Phi) is 5.80. The average molecular weight is 465 g/mol. The minimum Gasteiger partial charge on any atom is -0.351 e. The van der Waals surface area contributed by atoms with Crippen molar-refractivity contribution < 1.29 is 4.79 Å². The van der Waals surface area contributed by atoms with E-state index in [1.165, 1.54) is 11.3 Å². The summed E-state index contributed by atoms with van der Waals surface area (Å²) in [4.78, 5) is 34.4. The van der Waals surface area contributed by atoms with Crippen molar-refractivity contribution in [2.45, 2.75) is 26.3 Å². The van der Waals surface area contributed by atoms with E-state index in [1.807, 2.05) is 60.1 Å². The third-order valence-electron chi connectivity index (χ3n) is 5.85. The van der Waals surface area contributed by atoms with Crippen molar-refractivity contribution in [2.75, 3.05) is 18.0 Å². The highest BCUT2D eigenvalue weighted by Crippen LogP contribution is 2.27. The molecule has 5 rings (SSSR count). The Morgan fingerprint density at radius 1 is 1.16 bits per heavy atom. The summed E-state index contributed by atoms with van der Waals surface area (Å²) in [6, 6.07) is 13.8. The number of piperidine rings is 1. The third-order valence-corrected chi connectivity index (χ3v) is 7.61. The summed E-state index contributed by atoms with van der Waals surface area (Å²) >= 11 is 3.06. The summed E-state index contributed by atoms with van der Waals surface area (Å²) in [6.45, 7) is 3.89. The van der Waals surface area contributed by atoms with Gasteiger partial charge in [-0.1, -0.05) is 23.8 Å². The van der Waals surface area contributed by atoms with Gasteiger partial charge in [0, 0.05) is 18.0 Å². The van der Waals surface area contributed by atoms with Gasteiger partial charge in [-0.15, -0.1) is 22.7 Å². The molecule has 1 atom stereocenters. The van der Waals surface area contributed by atoms with Gasteiger partial charge in [-0.3, -0.25) is 9.59 Å². The van der Waals surface area contributed by atoms with E-state index in [0.717, 1.165) is 35.5 Å². The number of fused-ring (bicyclic) bond motifs is 1. The molecule has 0 spiro atoms. The van der Waals surface area contributed by atoms with Gasteiger partial charge >= 0.3 is 0 Å². The fourth-order valence-electron chi connectivity index (χ4n) is 4.14. The highest BCUT2D eigenvalue weighted by molar-refractivity contribution is 7.17. The van der Waals surface area contributed by atoms with Crippen LogP contribution in [0.15, 0.2) is 58.0 Å². The number of nitrogens with zero attached hydrogens (tertiary/aromatic N) is 3. The number of rotatable bonds is 5. The fraction of sp³-hybridized carbons (Fsp3) is 0.292. The Morgan fingerprint density at radius 3 is 2.78 bits per heavy atom. The largest absolute Gasteiger partial charge is 0.351 e. The molecule has 1 amide bonds. The first-order chi connectivity index (χ1) is 15.6. The summed E-state index contributed by atoms with van der Waals surface area (Å²) < 4.78 is 2.35. The fourth-order valence-corrected chi connectivity index (χ4v) is 5.55. The van der Waals surface area contributed by atoms with E-state index in [2.05, 4.69) is 10.2 Å². The predicted molar refractivity (Wildman–Crippen MR) is 131 cm³/mol. The number of aryl methyl sites for hydroxylation is 1. The second-order valence-electron chi connectivity index (χ2n) is 8.11. The molecule has 0 bridgehead atoms. The number of hydrogen-bond acceptors (Lipinski definition) is 6. The predicted octanol–water partition coefficient (Wildman–Crippen LogP) is 4.35. The monoisotopic (exact) mass is 464 g/mol. The second kappa shape index (κ2) is 8.88. The molecule has 4 aromatic rings. The van der Waals surface area contributed by atoms with Crippen molar-refractivity contribution in [3.05, 3.63) is 74.0 Å². The molecule has 1 fully saturated rings. The molecule has 0 saturated carbocycles. The lowest BCUT2D eigenvalue weighted by atomic mass is 9.97. The van der Waals surface area contributed by atoms with Crippen molar-refractivity contribution in [1.82, 2.24) is 14.9 Å². The quantitative estimate of drug-likeness (QED) is 0.477. The van der Waals surface area contributed by atoms with Gasteiger partial charge in [0.05, 0.1) is 23.7 Å². The molecule has 1 aliphatic rings. The first kappa shape index (κ1) is 20.9. The van der Waals surface area contributed by atoms with E-state index in [0.29, 0.717) is 29.3 Å². The van der Waals surface area contributed by atoms with Gasteiger partial charge in [-0.25, -0.2) is 9.55 Å². The maximum absolute atomic E-state index is 13.4. The van der Waals surface area contributed by atoms with Crippen LogP contribution in [0.5, 0.6) is 0 Å². The number of aromatic nitrogens is 2. The number of anilines is 1. The van der Waals surface area contributed by atoms with Gasteiger partial charge in [0.1, 0.15) is 4.70 Å². The molecular weight excluding hydrogens is 440 g/mol. The molecule has 1 aromatic carbocycles. The highest BCUT2D eigenvalue weighted by atomic mass is 32.1. The van der Waals surface area contributed by atoms with Crippen LogP contribution < -0.4 is 15.8 Å². The van der Waals surface area contributed by atoms with Crippen molar-refractivity contribution in [1.29, 1.82) is 0 Å². The van der Waals surface area contributed by atoms with Gasteiger partial charge in [0.15, 0.2) is 0 Å². The molecule has 0 radical (unpaired) electrons. The topological polar surface area (TPSA) is 67.2 Å². The lowest BCUT2D eigenvalue weighted by Gasteiger charge is -2.34. The minimum atomic E-state index is -0.134. The first-order valence-electron chi connectivity index (χ1n) is 10.7. The van der Waals surface area contributed by atoms with Gasteiger partial charge < -0.3 is 10.2 Å². The molecule has 3 aromatic heterocycles. The minimum absolute atomic E-state index is 0.0592. The van der Waals surface area contributed by atoms with Crippen molar-refractivity contribution >= 4 is 44.7 Å². The van der Waals surface area contributed by atoms with Crippen LogP contribution in [0.2, 0.25) is 0 Å². The van der Waals surface area contributed by atoms with Crippen LogP contribution in [0.3, 0.4) is 0 Å². The van der Waals surface area contributed by atoms with Gasteiger partial charge in [-0.2, -0.15) is 0 Å². The summed E-state index contributed by atoms with van der Waals surface area (Å²) in [6.07, 6.45) is 1.71. The van der Waals surface area contributed by atoms with Crippen molar-refractivity contribution in [2.24, 2.45) is 5.92 Å². The lowest BCUT2D eigenvalue weighted by Crippen LogP contribution is -2.45. The van der Waals surface area contributed by atoms with Crippen LogP contribution in [0, 0.1) is 12.8 Å². The van der Waals surface area contributed by atoms with Gasteiger partial charge in [0.25, 0.3) is 5.56 Å². The number of thiophene rings is 2. The Balaban J connectivity index is 1.46. The zero-order chi connectivity index (χ0) is 22.1. The number of carbonyl (C=O) groups is 1. The van der Waals surface area contributed by atoms with E-state index < -0.39 is 0 Å². The zero-order valence-electron chi connectivity index (χ0n) is 17.8. The molecule has 1 aliphatic heterocycles. The third kappa shape index (κ3) is 4.08. The summed E-state index contributed by atoms with van der Waals surface area (Å²) in [5.74, 6) is 0.537. The van der Waals surface area contributed by atoms with Crippen LogP contribution >= 0.6 is 22.7 Å². The maximum atomic E-state index is 13.4. The molecule has 1 N–H and O–H groups in total. The number of amides is 1. The first-order valence-corrected chi connectivity index (χ1v) is 12.5. The molecule has 1 unspecified atom stereocenters. The lowest BCUT2D eigenvalue weighted by molar-refractivity contribution is -0.125. The Labute approximate surface area is 194 Å². The molecule has 32 heavy (non-hydrogen) atoms. The second-order valence-corrected chi connectivity index (χ2v) is 10.1. The number of hydrogen-bond donors (Lipinski definition) is 1. The molecule has 0 aliphatic carbocycles. The summed E-state index contributed by atoms with van der Waals surface area (Å²) in [5, 5.41) is 6.99. The molecule has 1 saturated heterocycles. The van der Waals surface area contributed by atoms with Crippen LogP contribution in [0.4, 0.5) is 5.95 Å². The molecule has 4 heterocycles. The Morgan fingerprint density at radius 2 is 2.00 bits per heavy atom.